The van der Waals surface area contributed by atoms with Crippen LogP contribution in [0.1, 0.15) is 16.7 Å². The summed E-state index contributed by atoms with van der Waals surface area (Å²) in [4.78, 5) is 9.91. The lowest BCUT2D eigenvalue weighted by atomic mass is 9.98. The third kappa shape index (κ3) is 6.60. The minimum Gasteiger partial charge on any atom is -0.455 e. The Labute approximate surface area is 330 Å². The zero-order valence-electron chi connectivity index (χ0n) is 30.9. The van der Waals surface area contributed by atoms with Crippen molar-refractivity contribution in [1.82, 2.24) is 0 Å². The highest BCUT2D eigenvalue weighted by atomic mass is 16.3. The third-order valence-electron chi connectivity index (χ3n) is 10.6. The first-order valence-corrected chi connectivity index (χ1v) is 19.0. The smallest absolute Gasteiger partial charge is 0.161 e. The highest BCUT2D eigenvalue weighted by molar-refractivity contribution is 6.22. The van der Waals surface area contributed by atoms with E-state index in [1.807, 2.05) is 54.7 Å². The van der Waals surface area contributed by atoms with Crippen LogP contribution in [0.25, 0.3) is 76.9 Å². The van der Waals surface area contributed by atoms with Crippen molar-refractivity contribution in [3.63, 3.8) is 0 Å². The summed E-state index contributed by atoms with van der Waals surface area (Å²) in [6.45, 7) is 0. The van der Waals surface area contributed by atoms with E-state index in [9.17, 15) is 5.41 Å². The fraction of sp³-hybridized carbons (Fsp3) is 0. The van der Waals surface area contributed by atoms with Crippen LogP contribution in [0, 0.1) is 5.41 Å². The number of benzene rings is 9. The van der Waals surface area contributed by atoms with Gasteiger partial charge in [0.1, 0.15) is 11.2 Å². The summed E-state index contributed by atoms with van der Waals surface area (Å²) < 4.78 is 6.58. The molecule has 9 aromatic carbocycles. The topological polar surface area (TPSA) is 61.7 Å². The second-order valence-corrected chi connectivity index (χ2v) is 14.2. The molecule has 0 saturated heterocycles. The van der Waals surface area contributed by atoms with Crippen molar-refractivity contribution in [2.45, 2.75) is 0 Å². The summed E-state index contributed by atoms with van der Waals surface area (Å²) in [5.41, 5.74) is 10.5. The van der Waals surface area contributed by atoms with Crippen molar-refractivity contribution in [1.29, 1.82) is 5.41 Å². The van der Waals surface area contributed by atoms with Gasteiger partial charge in [0.2, 0.25) is 0 Å². The highest BCUT2D eigenvalue weighted by Crippen LogP contribution is 2.38. The number of hydrogen-bond acceptors (Lipinski definition) is 2. The SMILES string of the molecule is N=C(N=C(N=Cc1ccc2ccccc2c1)c1ccc(-c2ccc3ccccc3c2)cc1)c1cccc2oc3c(-c4ccc(-c5ccccc5)cc4)cccc3c12. The fourth-order valence-electron chi connectivity index (χ4n) is 7.68. The first kappa shape index (κ1) is 33.8. The molecular formula is C53H35N3O. The molecule has 0 bridgehead atoms. The average molecular weight is 730 g/mol. The Morgan fingerprint density at radius 2 is 1.07 bits per heavy atom. The predicted molar refractivity (Wildman–Crippen MR) is 239 cm³/mol. The molecule has 0 amide bonds. The highest BCUT2D eigenvalue weighted by Gasteiger charge is 2.18. The van der Waals surface area contributed by atoms with Crippen LogP contribution in [0.4, 0.5) is 0 Å². The Morgan fingerprint density at radius 3 is 1.84 bits per heavy atom. The van der Waals surface area contributed by atoms with E-state index in [1.165, 1.54) is 21.7 Å². The Kier molecular flexibility index (Phi) is 8.62. The standard InChI is InChI=1S/C53H35N3O/c54-52(48-18-9-19-49-50(48)47-17-8-16-46(51(47)57-49)41-27-22-39(23-28-41)36-10-2-1-3-11-36)56-53(55-34-35-20-21-37-12-4-6-14-43(37)32-35)42-29-24-40(25-30-42)45-31-26-38-13-5-7-15-44(38)33-45/h1-34,54H. The van der Waals surface area contributed by atoms with E-state index in [0.29, 0.717) is 17.0 Å². The fourth-order valence-corrected chi connectivity index (χ4v) is 7.68. The molecule has 1 N–H and O–H groups in total. The van der Waals surface area contributed by atoms with Gasteiger partial charge in [0.15, 0.2) is 11.7 Å². The number of fused-ring (bicyclic) bond motifs is 5. The normalized spacial score (nSPS) is 12.0. The van der Waals surface area contributed by atoms with Crippen LogP contribution in [0.15, 0.2) is 215 Å². The van der Waals surface area contributed by atoms with Crippen LogP contribution < -0.4 is 0 Å². The lowest BCUT2D eigenvalue weighted by Gasteiger charge is -2.08. The number of nitrogens with one attached hydrogen (secondary N) is 1. The van der Waals surface area contributed by atoms with E-state index in [0.717, 1.165) is 60.7 Å². The molecule has 0 radical (unpaired) electrons. The Bertz CT molecular complexity index is 3170. The molecule has 0 aliphatic heterocycles. The number of nitrogens with zero attached hydrogens (tertiary/aromatic N) is 2. The molecule has 0 spiro atoms. The van der Waals surface area contributed by atoms with Gasteiger partial charge in [-0.1, -0.05) is 182 Å². The number of amidine groups is 2. The van der Waals surface area contributed by atoms with Crippen molar-refractivity contribution < 1.29 is 4.42 Å². The number of furan rings is 1. The quantitative estimate of drug-likeness (QED) is 0.134. The molecule has 0 atom stereocenters. The van der Waals surface area contributed by atoms with Gasteiger partial charge < -0.3 is 4.42 Å². The maximum absolute atomic E-state index is 9.47. The summed E-state index contributed by atoms with van der Waals surface area (Å²) >= 11 is 0. The van der Waals surface area contributed by atoms with Gasteiger partial charge >= 0.3 is 0 Å². The van der Waals surface area contributed by atoms with E-state index in [4.69, 9.17) is 14.4 Å². The van der Waals surface area contributed by atoms with Gasteiger partial charge in [0.05, 0.1) is 0 Å². The molecule has 268 valence electrons. The first-order chi connectivity index (χ1) is 28.1. The molecule has 4 nitrogen and oxygen atoms in total. The first-order valence-electron chi connectivity index (χ1n) is 19.0. The lowest BCUT2D eigenvalue weighted by molar-refractivity contribution is 0.670. The van der Waals surface area contributed by atoms with Gasteiger partial charge in [-0.25, -0.2) is 9.98 Å². The van der Waals surface area contributed by atoms with Gasteiger partial charge in [0, 0.05) is 33.7 Å². The third-order valence-corrected chi connectivity index (χ3v) is 10.6. The van der Waals surface area contributed by atoms with E-state index >= 15 is 0 Å². The van der Waals surface area contributed by atoms with Gasteiger partial charge in [-0.15, -0.1) is 0 Å². The number of para-hydroxylation sites is 1. The van der Waals surface area contributed by atoms with Crippen LogP contribution in [-0.2, 0) is 0 Å². The van der Waals surface area contributed by atoms with Gasteiger partial charge in [0.25, 0.3) is 0 Å². The van der Waals surface area contributed by atoms with Gasteiger partial charge in [-0.05, 0) is 73.1 Å². The number of aliphatic imine (C=N–C) groups is 2. The molecule has 0 fully saturated rings. The zero-order valence-corrected chi connectivity index (χ0v) is 30.9. The Morgan fingerprint density at radius 1 is 0.474 bits per heavy atom. The molecule has 0 saturated carbocycles. The zero-order chi connectivity index (χ0) is 38.1. The molecule has 57 heavy (non-hydrogen) atoms. The minimum atomic E-state index is 0.102. The molecule has 1 aromatic heterocycles. The Balaban J connectivity index is 1.04. The van der Waals surface area contributed by atoms with Crippen molar-refractivity contribution in [2.75, 3.05) is 0 Å². The van der Waals surface area contributed by atoms with Gasteiger partial charge in [-0.2, -0.15) is 0 Å². The maximum Gasteiger partial charge on any atom is 0.161 e. The van der Waals surface area contributed by atoms with Crippen LogP contribution >= 0.6 is 0 Å². The van der Waals surface area contributed by atoms with Crippen LogP contribution in [-0.4, -0.2) is 17.9 Å². The van der Waals surface area contributed by atoms with Crippen molar-refractivity contribution in [3.8, 4) is 33.4 Å². The second kappa shape index (κ2) is 14.5. The molecular weight excluding hydrogens is 695 g/mol. The largest absolute Gasteiger partial charge is 0.455 e. The van der Waals surface area contributed by atoms with Crippen LogP contribution in [0.2, 0.25) is 0 Å². The molecule has 10 rings (SSSR count). The minimum absolute atomic E-state index is 0.102. The van der Waals surface area contributed by atoms with E-state index in [1.54, 1.807) is 0 Å². The average Bonchev–Trinajstić information content (AvgIpc) is 3.67. The van der Waals surface area contributed by atoms with Crippen LogP contribution in [0.5, 0.6) is 0 Å². The molecule has 10 aromatic rings. The van der Waals surface area contributed by atoms with Crippen molar-refractivity contribution >= 4 is 61.4 Å². The van der Waals surface area contributed by atoms with Gasteiger partial charge in [-0.3, -0.25) is 5.41 Å². The summed E-state index contributed by atoms with van der Waals surface area (Å²) in [5, 5.41) is 16.0. The molecule has 4 heteroatoms. The number of hydrogen-bond donors (Lipinski definition) is 1. The van der Waals surface area contributed by atoms with E-state index < -0.39 is 0 Å². The molecule has 0 aliphatic carbocycles. The maximum atomic E-state index is 9.47. The predicted octanol–water partition coefficient (Wildman–Crippen LogP) is 13.8. The monoisotopic (exact) mass is 729 g/mol. The second-order valence-electron chi connectivity index (χ2n) is 14.2. The van der Waals surface area contributed by atoms with Crippen LogP contribution in [0.3, 0.4) is 0 Å². The molecule has 1 heterocycles. The summed E-state index contributed by atoms with van der Waals surface area (Å²) in [7, 11) is 0. The summed E-state index contributed by atoms with van der Waals surface area (Å²) in [5.74, 6) is 0.549. The molecule has 0 unspecified atom stereocenters. The Hall–Kier alpha value is -7.69. The number of rotatable bonds is 6. The summed E-state index contributed by atoms with van der Waals surface area (Å²) in [6, 6.07) is 68.8. The molecule has 0 aliphatic rings. The van der Waals surface area contributed by atoms with Crippen molar-refractivity contribution in [2.24, 2.45) is 9.98 Å². The lowest BCUT2D eigenvalue weighted by Crippen LogP contribution is -2.05. The van der Waals surface area contributed by atoms with E-state index in [-0.39, 0.29) is 5.84 Å². The van der Waals surface area contributed by atoms with Crippen molar-refractivity contribution in [3.05, 3.63) is 217 Å². The summed E-state index contributed by atoms with van der Waals surface area (Å²) in [6.07, 6.45) is 1.83. The van der Waals surface area contributed by atoms with E-state index in [2.05, 4.69) is 152 Å².